The quantitative estimate of drug-likeness (QED) is 0.767. The largest absolute Gasteiger partial charge is 0.372 e. The van der Waals surface area contributed by atoms with Gasteiger partial charge in [0.15, 0.2) is 0 Å². The van der Waals surface area contributed by atoms with Crippen molar-refractivity contribution in [3.63, 3.8) is 0 Å². The molecule has 1 aromatic carbocycles. The third-order valence-corrected chi connectivity index (χ3v) is 3.81. The molecule has 3 heteroatoms. The fraction of sp³-hybridized carbons (Fsp3) is 0.625. The molecule has 1 aliphatic rings. The van der Waals surface area contributed by atoms with E-state index in [1.54, 1.807) is 0 Å². The van der Waals surface area contributed by atoms with Gasteiger partial charge < -0.3 is 15.4 Å². The summed E-state index contributed by atoms with van der Waals surface area (Å²) in [4.78, 5) is 2.38. The molecule has 1 unspecified atom stereocenters. The second-order valence-corrected chi connectivity index (χ2v) is 5.42. The lowest BCUT2D eigenvalue weighted by atomic mass is 9.97. The summed E-state index contributed by atoms with van der Waals surface area (Å²) in [5.41, 5.74) is 8.35. The third kappa shape index (κ3) is 4.30. The van der Waals surface area contributed by atoms with Crippen molar-refractivity contribution in [2.75, 3.05) is 33.3 Å². The van der Waals surface area contributed by atoms with Gasteiger partial charge >= 0.3 is 0 Å². The second-order valence-electron chi connectivity index (χ2n) is 5.42. The van der Waals surface area contributed by atoms with Gasteiger partial charge in [-0.25, -0.2) is 0 Å². The Morgan fingerprint density at radius 1 is 1.26 bits per heavy atom. The first-order valence-electron chi connectivity index (χ1n) is 7.39. The van der Waals surface area contributed by atoms with Crippen molar-refractivity contribution in [1.82, 2.24) is 4.90 Å². The molecule has 0 saturated carbocycles. The number of hydrogen-bond donors (Lipinski definition) is 1. The van der Waals surface area contributed by atoms with E-state index in [1.165, 1.54) is 24.0 Å². The van der Waals surface area contributed by atoms with Gasteiger partial charge in [-0.1, -0.05) is 30.7 Å². The highest BCUT2D eigenvalue weighted by atomic mass is 16.5. The molecule has 2 rings (SSSR count). The molecule has 1 aliphatic heterocycles. The summed E-state index contributed by atoms with van der Waals surface area (Å²) in [5, 5.41) is 0. The first-order chi connectivity index (χ1) is 9.31. The molecule has 19 heavy (non-hydrogen) atoms. The van der Waals surface area contributed by atoms with Gasteiger partial charge in [0.2, 0.25) is 0 Å². The van der Waals surface area contributed by atoms with E-state index in [0.29, 0.717) is 0 Å². The number of likely N-dealkylation sites (N-methyl/N-ethyl adjacent to an activating group) is 1. The molecule has 1 heterocycles. The summed E-state index contributed by atoms with van der Waals surface area (Å²) in [6, 6.07) is 8.67. The average molecular weight is 262 g/mol. The van der Waals surface area contributed by atoms with E-state index in [9.17, 15) is 0 Å². The van der Waals surface area contributed by atoms with Crippen LogP contribution in [0.5, 0.6) is 0 Å². The first-order valence-corrected chi connectivity index (χ1v) is 7.39. The third-order valence-electron chi connectivity index (χ3n) is 3.81. The van der Waals surface area contributed by atoms with Gasteiger partial charge in [-0.2, -0.15) is 0 Å². The summed E-state index contributed by atoms with van der Waals surface area (Å²) in [7, 11) is 2.18. The van der Waals surface area contributed by atoms with Crippen LogP contribution in [0.15, 0.2) is 24.3 Å². The Morgan fingerprint density at radius 3 is 2.95 bits per heavy atom. The van der Waals surface area contributed by atoms with Crippen LogP contribution >= 0.6 is 0 Å². The Morgan fingerprint density at radius 2 is 2.11 bits per heavy atom. The fourth-order valence-electron chi connectivity index (χ4n) is 2.71. The minimum Gasteiger partial charge on any atom is -0.372 e. The highest BCUT2D eigenvalue weighted by Gasteiger charge is 2.21. The number of rotatable bonds is 7. The predicted molar refractivity (Wildman–Crippen MR) is 79.2 cm³/mol. The summed E-state index contributed by atoms with van der Waals surface area (Å²) < 4.78 is 5.94. The summed E-state index contributed by atoms with van der Waals surface area (Å²) in [5.74, 6) is 0. The lowest BCUT2D eigenvalue weighted by molar-refractivity contribution is 0.0208. The van der Waals surface area contributed by atoms with Crippen molar-refractivity contribution in [3.05, 3.63) is 35.4 Å². The van der Waals surface area contributed by atoms with E-state index in [4.69, 9.17) is 10.5 Å². The van der Waals surface area contributed by atoms with Gasteiger partial charge in [0.1, 0.15) is 0 Å². The van der Waals surface area contributed by atoms with Crippen molar-refractivity contribution in [1.29, 1.82) is 0 Å². The molecule has 106 valence electrons. The Hall–Kier alpha value is -0.900. The molecule has 0 fully saturated rings. The number of benzene rings is 1. The minimum atomic E-state index is 0.240. The van der Waals surface area contributed by atoms with Crippen LogP contribution in [-0.4, -0.2) is 38.2 Å². The highest BCUT2D eigenvalue weighted by molar-refractivity contribution is 5.31. The number of hydrogen-bond acceptors (Lipinski definition) is 3. The standard InChI is InChI=1S/C16H26N2O/c1-18(11-6-2-5-10-17)13-16-15-8-4-3-7-14(15)9-12-19-16/h3-4,7-8,16H,2,5-6,9-13,17H2,1H3. The van der Waals surface area contributed by atoms with E-state index < -0.39 is 0 Å². The molecule has 3 nitrogen and oxygen atoms in total. The summed E-state index contributed by atoms with van der Waals surface area (Å²) in [6.07, 6.45) is 4.87. The van der Waals surface area contributed by atoms with Crippen LogP contribution in [0.3, 0.4) is 0 Å². The topological polar surface area (TPSA) is 38.5 Å². The highest BCUT2D eigenvalue weighted by Crippen LogP contribution is 2.27. The van der Waals surface area contributed by atoms with Crippen LogP contribution in [0.25, 0.3) is 0 Å². The SMILES string of the molecule is CN(CCCCCN)CC1OCCc2ccccc21. The number of nitrogens with two attached hydrogens (primary N) is 1. The molecule has 0 bridgehead atoms. The molecule has 1 aromatic rings. The van der Waals surface area contributed by atoms with E-state index >= 15 is 0 Å². The maximum Gasteiger partial charge on any atom is 0.0954 e. The number of nitrogens with zero attached hydrogens (tertiary/aromatic N) is 1. The molecule has 0 aromatic heterocycles. The van der Waals surface area contributed by atoms with Gasteiger partial charge in [-0.05, 0) is 50.5 Å². The van der Waals surface area contributed by atoms with E-state index in [1.807, 2.05) is 0 Å². The predicted octanol–water partition coefficient (Wildman–Crippen LogP) is 2.36. The molecule has 0 radical (unpaired) electrons. The molecule has 0 aliphatic carbocycles. The Labute approximate surface area is 116 Å². The zero-order valence-corrected chi connectivity index (χ0v) is 12.0. The molecule has 1 atom stereocenters. The molecular formula is C16H26N2O. The van der Waals surface area contributed by atoms with Crippen molar-refractivity contribution in [3.8, 4) is 0 Å². The van der Waals surface area contributed by atoms with Gasteiger partial charge in [0.05, 0.1) is 12.7 Å². The van der Waals surface area contributed by atoms with Crippen LogP contribution < -0.4 is 5.73 Å². The van der Waals surface area contributed by atoms with Gasteiger partial charge in [-0.3, -0.25) is 0 Å². The molecule has 2 N–H and O–H groups in total. The Bertz CT molecular complexity index is 381. The summed E-state index contributed by atoms with van der Waals surface area (Å²) in [6.45, 7) is 3.77. The average Bonchev–Trinajstić information content (AvgIpc) is 2.44. The minimum absolute atomic E-state index is 0.240. The Balaban J connectivity index is 1.83. The normalized spacial score (nSPS) is 18.6. The molecule has 0 saturated heterocycles. The number of fused-ring (bicyclic) bond motifs is 1. The van der Waals surface area contributed by atoms with Crippen molar-refractivity contribution in [2.24, 2.45) is 5.73 Å². The zero-order chi connectivity index (χ0) is 13.5. The van der Waals surface area contributed by atoms with Gasteiger partial charge in [0, 0.05) is 6.54 Å². The van der Waals surface area contributed by atoms with Gasteiger partial charge in [0.25, 0.3) is 0 Å². The second kappa shape index (κ2) is 7.63. The van der Waals surface area contributed by atoms with Crippen LogP contribution in [0.4, 0.5) is 0 Å². The lowest BCUT2D eigenvalue weighted by Gasteiger charge is -2.29. The lowest BCUT2D eigenvalue weighted by Crippen LogP contribution is -2.30. The van der Waals surface area contributed by atoms with Crippen molar-refractivity contribution >= 4 is 0 Å². The van der Waals surface area contributed by atoms with E-state index in [2.05, 4.69) is 36.2 Å². The van der Waals surface area contributed by atoms with Crippen molar-refractivity contribution < 1.29 is 4.74 Å². The number of ether oxygens (including phenoxy) is 1. The van der Waals surface area contributed by atoms with E-state index in [0.717, 1.165) is 39.1 Å². The van der Waals surface area contributed by atoms with Crippen LogP contribution in [-0.2, 0) is 11.2 Å². The zero-order valence-electron chi connectivity index (χ0n) is 12.0. The van der Waals surface area contributed by atoms with Crippen LogP contribution in [0, 0.1) is 0 Å². The molecule has 0 amide bonds. The maximum atomic E-state index is 5.94. The van der Waals surface area contributed by atoms with Gasteiger partial charge in [-0.15, -0.1) is 0 Å². The van der Waals surface area contributed by atoms with E-state index in [-0.39, 0.29) is 6.10 Å². The maximum absolute atomic E-state index is 5.94. The van der Waals surface area contributed by atoms with Crippen LogP contribution in [0.2, 0.25) is 0 Å². The van der Waals surface area contributed by atoms with Crippen LogP contribution in [0.1, 0.15) is 36.5 Å². The fourth-order valence-corrected chi connectivity index (χ4v) is 2.71. The first kappa shape index (κ1) is 14.5. The Kier molecular flexibility index (Phi) is 5.83. The monoisotopic (exact) mass is 262 g/mol. The summed E-state index contributed by atoms with van der Waals surface area (Å²) >= 11 is 0. The smallest absolute Gasteiger partial charge is 0.0954 e. The molecular weight excluding hydrogens is 236 g/mol. The van der Waals surface area contributed by atoms with Crippen molar-refractivity contribution in [2.45, 2.75) is 31.8 Å². The molecule has 0 spiro atoms. The number of unbranched alkanes of at least 4 members (excludes halogenated alkanes) is 2.